The molecule has 0 radical (unpaired) electrons. The Morgan fingerprint density at radius 3 is 2.58 bits per heavy atom. The Kier molecular flexibility index (Phi) is 7.99. The van der Waals surface area contributed by atoms with E-state index in [4.69, 9.17) is 9.47 Å². The molecule has 5 heteroatoms. The molecule has 1 N–H and O–H groups in total. The van der Waals surface area contributed by atoms with Crippen LogP contribution < -0.4 is 10.1 Å². The third-order valence-corrected chi connectivity index (χ3v) is 7.26. The summed E-state index contributed by atoms with van der Waals surface area (Å²) in [6.45, 7) is 5.20. The predicted molar refractivity (Wildman–Crippen MR) is 142 cm³/mol. The number of hydrogen-bond donors (Lipinski definition) is 1. The van der Waals surface area contributed by atoms with Crippen molar-refractivity contribution in [1.82, 2.24) is 10.2 Å². The van der Waals surface area contributed by atoms with Gasteiger partial charge in [0.2, 0.25) is 0 Å². The quantitative estimate of drug-likeness (QED) is 0.449. The Bertz CT molecular complexity index is 1130. The first kappa shape index (κ1) is 24.5. The summed E-state index contributed by atoms with van der Waals surface area (Å²) in [5.41, 5.74) is 5.18. The molecule has 3 unspecified atom stereocenters. The van der Waals surface area contributed by atoms with Crippen LogP contribution in [0.2, 0.25) is 0 Å². The molecule has 3 aromatic carbocycles. The zero-order valence-electron chi connectivity index (χ0n) is 21.1. The molecule has 0 saturated carbocycles. The van der Waals surface area contributed by atoms with E-state index in [0.29, 0.717) is 13.0 Å². The van der Waals surface area contributed by atoms with Crippen LogP contribution in [0, 0.1) is 0 Å². The van der Waals surface area contributed by atoms with Gasteiger partial charge in [0, 0.05) is 26.2 Å². The van der Waals surface area contributed by atoms with Crippen molar-refractivity contribution in [2.24, 2.45) is 0 Å². The van der Waals surface area contributed by atoms with Crippen molar-refractivity contribution in [3.05, 3.63) is 101 Å². The van der Waals surface area contributed by atoms with Gasteiger partial charge in [-0.2, -0.15) is 0 Å². The van der Waals surface area contributed by atoms with Gasteiger partial charge in [0.15, 0.2) is 6.10 Å². The van der Waals surface area contributed by atoms with E-state index in [2.05, 4.69) is 83.0 Å². The predicted octanol–water partition coefficient (Wildman–Crippen LogP) is 5.29. The summed E-state index contributed by atoms with van der Waals surface area (Å²) < 4.78 is 11.9. The Hall–Kier alpha value is -3.15. The molecule has 0 aromatic heterocycles. The first-order valence-electron chi connectivity index (χ1n) is 13.2. The van der Waals surface area contributed by atoms with Gasteiger partial charge < -0.3 is 14.8 Å². The van der Waals surface area contributed by atoms with Gasteiger partial charge in [0.05, 0.1) is 12.1 Å². The van der Waals surface area contributed by atoms with E-state index >= 15 is 0 Å². The summed E-state index contributed by atoms with van der Waals surface area (Å²) in [7, 11) is 0. The molecular weight excluding hydrogens is 448 g/mol. The minimum Gasteiger partial charge on any atom is -0.481 e. The number of hydrogen-bond acceptors (Lipinski definition) is 4. The first-order chi connectivity index (χ1) is 17.7. The van der Waals surface area contributed by atoms with E-state index in [1.807, 2.05) is 13.0 Å². The second kappa shape index (κ2) is 11.7. The van der Waals surface area contributed by atoms with Crippen LogP contribution in [0.4, 0.5) is 0 Å². The minimum atomic E-state index is -0.524. The number of fused-ring (bicyclic) bond motifs is 1. The highest BCUT2D eigenvalue weighted by molar-refractivity contribution is 5.81. The van der Waals surface area contributed by atoms with Crippen LogP contribution in [0.25, 0.3) is 0 Å². The van der Waals surface area contributed by atoms with Crippen molar-refractivity contribution in [2.75, 3.05) is 19.7 Å². The molecule has 1 amide bonds. The van der Waals surface area contributed by atoms with Gasteiger partial charge in [-0.3, -0.25) is 9.69 Å². The highest BCUT2D eigenvalue weighted by Crippen LogP contribution is 2.38. The maximum absolute atomic E-state index is 12.9. The molecule has 1 fully saturated rings. The first-order valence-corrected chi connectivity index (χ1v) is 13.2. The summed E-state index contributed by atoms with van der Waals surface area (Å²) in [5, 5.41) is 3.03. The van der Waals surface area contributed by atoms with Crippen molar-refractivity contribution in [2.45, 2.75) is 57.4 Å². The van der Waals surface area contributed by atoms with E-state index in [-0.39, 0.29) is 18.1 Å². The number of amides is 1. The summed E-state index contributed by atoms with van der Waals surface area (Å²) in [4.78, 5) is 15.4. The Morgan fingerprint density at radius 1 is 1.08 bits per heavy atom. The van der Waals surface area contributed by atoms with Crippen molar-refractivity contribution >= 4 is 5.91 Å². The molecule has 2 aliphatic heterocycles. The molecule has 2 aliphatic rings. The summed E-state index contributed by atoms with van der Waals surface area (Å²) in [5.74, 6) is 0.673. The third kappa shape index (κ3) is 5.80. The molecule has 0 spiro atoms. The van der Waals surface area contributed by atoms with Crippen LogP contribution in [-0.4, -0.2) is 42.7 Å². The van der Waals surface area contributed by atoms with Gasteiger partial charge in [-0.15, -0.1) is 0 Å². The van der Waals surface area contributed by atoms with E-state index in [1.54, 1.807) is 0 Å². The summed E-state index contributed by atoms with van der Waals surface area (Å²) in [6, 6.07) is 27.8. The normalized spacial score (nSPS) is 20.5. The highest BCUT2D eigenvalue weighted by Gasteiger charge is 2.30. The van der Waals surface area contributed by atoms with Crippen LogP contribution in [0.3, 0.4) is 0 Å². The largest absolute Gasteiger partial charge is 0.481 e. The molecule has 1 saturated heterocycles. The number of carbonyl (C=O) groups excluding carboxylic acids is 1. The lowest BCUT2D eigenvalue weighted by atomic mass is 9.87. The van der Waals surface area contributed by atoms with Gasteiger partial charge in [-0.05, 0) is 60.1 Å². The van der Waals surface area contributed by atoms with Gasteiger partial charge in [0.25, 0.3) is 5.91 Å². The second-order valence-corrected chi connectivity index (χ2v) is 9.77. The zero-order valence-corrected chi connectivity index (χ0v) is 21.1. The lowest BCUT2D eigenvalue weighted by molar-refractivity contribution is -0.128. The Morgan fingerprint density at radius 2 is 1.86 bits per heavy atom. The van der Waals surface area contributed by atoms with Crippen molar-refractivity contribution in [3.63, 3.8) is 0 Å². The molecular formula is C31H36N2O3. The average molecular weight is 485 g/mol. The molecule has 3 atom stereocenters. The number of carbonyl (C=O) groups is 1. The maximum atomic E-state index is 12.9. The fraction of sp³-hybridized carbons (Fsp3) is 0.387. The van der Waals surface area contributed by atoms with Crippen LogP contribution >= 0.6 is 0 Å². The maximum Gasteiger partial charge on any atom is 0.261 e. The topological polar surface area (TPSA) is 50.8 Å². The molecule has 36 heavy (non-hydrogen) atoms. The van der Waals surface area contributed by atoms with Gasteiger partial charge in [-0.1, -0.05) is 73.7 Å². The van der Waals surface area contributed by atoms with Crippen LogP contribution in [0.15, 0.2) is 78.9 Å². The fourth-order valence-corrected chi connectivity index (χ4v) is 5.35. The van der Waals surface area contributed by atoms with E-state index in [9.17, 15) is 4.79 Å². The smallest absolute Gasteiger partial charge is 0.261 e. The average Bonchev–Trinajstić information content (AvgIpc) is 3.45. The number of benzene rings is 3. The SMILES string of the molecule is CCC(Oc1ccc2c(c1)C(c1ccccc1)N(Cc1ccccc1)CC2)C(=O)NCC1CCCO1. The third-order valence-electron chi connectivity index (χ3n) is 7.26. The van der Waals surface area contributed by atoms with Gasteiger partial charge >= 0.3 is 0 Å². The summed E-state index contributed by atoms with van der Waals surface area (Å²) >= 11 is 0. The molecule has 188 valence electrons. The Balaban J connectivity index is 1.37. The molecule has 0 aliphatic carbocycles. The minimum absolute atomic E-state index is 0.0731. The van der Waals surface area contributed by atoms with Crippen molar-refractivity contribution in [3.8, 4) is 5.75 Å². The standard InChI is InChI=1S/C31H36N2O3/c1-2-29(31(34)32-21-27-14-9-19-35-27)36-26-16-15-24-17-18-33(22-23-10-5-3-6-11-23)30(28(24)20-26)25-12-7-4-8-13-25/h3-8,10-13,15-16,20,27,29-30H,2,9,14,17-19,21-22H2,1H3,(H,32,34). The molecule has 2 heterocycles. The zero-order chi connectivity index (χ0) is 24.7. The summed E-state index contributed by atoms with van der Waals surface area (Å²) in [6.07, 6.45) is 3.26. The van der Waals surface area contributed by atoms with Crippen molar-refractivity contribution < 1.29 is 14.3 Å². The number of rotatable bonds is 9. The number of nitrogens with one attached hydrogen (secondary N) is 1. The van der Waals surface area contributed by atoms with Crippen LogP contribution in [-0.2, 0) is 22.5 Å². The lowest BCUT2D eigenvalue weighted by Gasteiger charge is -2.38. The Labute approximate surface area is 214 Å². The van der Waals surface area contributed by atoms with E-state index < -0.39 is 6.10 Å². The highest BCUT2D eigenvalue weighted by atomic mass is 16.5. The molecule has 5 rings (SSSR count). The van der Waals surface area contributed by atoms with Gasteiger partial charge in [-0.25, -0.2) is 0 Å². The lowest BCUT2D eigenvalue weighted by Crippen LogP contribution is -2.41. The van der Waals surface area contributed by atoms with Crippen LogP contribution in [0.1, 0.15) is 54.5 Å². The second-order valence-electron chi connectivity index (χ2n) is 9.77. The van der Waals surface area contributed by atoms with Crippen molar-refractivity contribution in [1.29, 1.82) is 0 Å². The molecule has 5 nitrogen and oxygen atoms in total. The van der Waals surface area contributed by atoms with Gasteiger partial charge in [0.1, 0.15) is 5.75 Å². The van der Waals surface area contributed by atoms with E-state index in [0.717, 1.165) is 44.7 Å². The van der Waals surface area contributed by atoms with Crippen LogP contribution in [0.5, 0.6) is 5.75 Å². The molecule has 3 aromatic rings. The van der Waals surface area contributed by atoms with E-state index in [1.165, 1.54) is 22.3 Å². The fourth-order valence-electron chi connectivity index (χ4n) is 5.35. The monoisotopic (exact) mass is 484 g/mol. The number of ether oxygens (including phenoxy) is 2. The number of nitrogens with zero attached hydrogens (tertiary/aromatic N) is 1. The molecule has 0 bridgehead atoms.